The first-order valence-corrected chi connectivity index (χ1v) is 10.9. The Kier molecular flexibility index (Phi) is 8.22. The van der Waals surface area contributed by atoms with Crippen LogP contribution in [0.4, 0.5) is 0 Å². The molecule has 3 rings (SSSR count). The van der Waals surface area contributed by atoms with E-state index in [0.29, 0.717) is 11.5 Å². The van der Waals surface area contributed by atoms with E-state index in [0.717, 1.165) is 55.1 Å². The van der Waals surface area contributed by atoms with Crippen molar-refractivity contribution >= 4 is 5.91 Å². The molecule has 1 aliphatic rings. The van der Waals surface area contributed by atoms with Crippen molar-refractivity contribution in [2.45, 2.75) is 32.4 Å². The van der Waals surface area contributed by atoms with Crippen molar-refractivity contribution in [3.05, 3.63) is 47.5 Å². The van der Waals surface area contributed by atoms with Gasteiger partial charge in [-0.25, -0.2) is 0 Å². The van der Waals surface area contributed by atoms with Gasteiger partial charge in [0.25, 0.3) is 0 Å². The number of carbonyl (C=O) groups excluding carboxylic acids is 1. The number of amides is 1. The zero-order valence-corrected chi connectivity index (χ0v) is 19.6. The zero-order valence-electron chi connectivity index (χ0n) is 19.6. The van der Waals surface area contributed by atoms with Crippen LogP contribution < -0.4 is 24.3 Å². The molecule has 2 aromatic rings. The number of hydrogen-bond acceptors (Lipinski definition) is 6. The quantitative estimate of drug-likeness (QED) is 0.637. The number of nitrogens with one attached hydrogen (secondary N) is 1. The minimum atomic E-state index is -0.107. The smallest absolute Gasteiger partial charge is 0.223 e. The molecule has 2 aromatic carbocycles. The first kappa shape index (κ1) is 23.7. The molecule has 7 heteroatoms. The SMILES string of the molecule is COc1cc(CN2CCC(C(=O)NC(C)c3ccc(OC)c(OC)c3)CC2)cc(OC)c1. The Morgan fingerprint density at radius 3 is 2.12 bits per heavy atom. The maximum Gasteiger partial charge on any atom is 0.223 e. The molecule has 1 amide bonds. The second-order valence-electron chi connectivity index (χ2n) is 8.12. The molecular formula is C25H34N2O5. The normalized spacial score (nSPS) is 15.7. The van der Waals surface area contributed by atoms with Gasteiger partial charge in [0.1, 0.15) is 11.5 Å². The van der Waals surface area contributed by atoms with Crippen LogP contribution in [0, 0.1) is 5.92 Å². The van der Waals surface area contributed by atoms with Crippen molar-refractivity contribution in [3.63, 3.8) is 0 Å². The summed E-state index contributed by atoms with van der Waals surface area (Å²) >= 11 is 0. The molecule has 7 nitrogen and oxygen atoms in total. The number of rotatable bonds is 9. The summed E-state index contributed by atoms with van der Waals surface area (Å²) in [5.41, 5.74) is 2.13. The van der Waals surface area contributed by atoms with Gasteiger partial charge in [-0.3, -0.25) is 9.69 Å². The highest BCUT2D eigenvalue weighted by Crippen LogP contribution is 2.30. The van der Waals surface area contributed by atoms with Crippen molar-refractivity contribution < 1.29 is 23.7 Å². The largest absolute Gasteiger partial charge is 0.497 e. The third-order valence-corrected chi connectivity index (χ3v) is 6.04. The predicted molar refractivity (Wildman–Crippen MR) is 124 cm³/mol. The van der Waals surface area contributed by atoms with Gasteiger partial charge in [-0.05, 0) is 68.2 Å². The lowest BCUT2D eigenvalue weighted by molar-refractivity contribution is -0.127. The Morgan fingerprint density at radius 1 is 0.938 bits per heavy atom. The summed E-state index contributed by atoms with van der Waals surface area (Å²) in [6, 6.07) is 11.6. The Hall–Kier alpha value is -2.93. The molecule has 1 heterocycles. The molecule has 1 saturated heterocycles. The van der Waals surface area contributed by atoms with Crippen LogP contribution in [0.25, 0.3) is 0 Å². The lowest BCUT2D eigenvalue weighted by Crippen LogP contribution is -2.40. The molecule has 0 aliphatic carbocycles. The second kappa shape index (κ2) is 11.1. The molecule has 0 spiro atoms. The van der Waals surface area contributed by atoms with Gasteiger partial charge in [-0.1, -0.05) is 6.07 Å². The number of ether oxygens (including phenoxy) is 4. The molecule has 0 bridgehead atoms. The van der Waals surface area contributed by atoms with Gasteiger partial charge < -0.3 is 24.3 Å². The van der Waals surface area contributed by atoms with Crippen LogP contribution in [0.2, 0.25) is 0 Å². The number of nitrogens with zero attached hydrogens (tertiary/aromatic N) is 1. The number of benzene rings is 2. The summed E-state index contributed by atoms with van der Waals surface area (Å²) < 4.78 is 21.4. The molecule has 1 unspecified atom stereocenters. The molecule has 1 atom stereocenters. The molecule has 0 radical (unpaired) electrons. The average Bonchev–Trinajstić information content (AvgIpc) is 2.83. The highest BCUT2D eigenvalue weighted by molar-refractivity contribution is 5.79. The Bertz CT molecular complexity index is 887. The minimum absolute atomic E-state index is 0.0219. The van der Waals surface area contributed by atoms with Crippen molar-refractivity contribution in [2.75, 3.05) is 41.5 Å². The van der Waals surface area contributed by atoms with E-state index in [4.69, 9.17) is 18.9 Å². The summed E-state index contributed by atoms with van der Waals surface area (Å²) in [6.07, 6.45) is 1.68. The van der Waals surface area contributed by atoms with Gasteiger partial charge in [0.05, 0.1) is 34.5 Å². The van der Waals surface area contributed by atoms with Crippen molar-refractivity contribution in [1.29, 1.82) is 0 Å². The Labute approximate surface area is 190 Å². The first-order chi connectivity index (χ1) is 15.5. The highest BCUT2D eigenvalue weighted by Gasteiger charge is 2.26. The topological polar surface area (TPSA) is 69.3 Å². The predicted octanol–water partition coefficient (Wildman–Crippen LogP) is 3.81. The van der Waals surface area contributed by atoms with E-state index >= 15 is 0 Å². The van der Waals surface area contributed by atoms with Gasteiger partial charge >= 0.3 is 0 Å². The lowest BCUT2D eigenvalue weighted by atomic mass is 9.94. The zero-order chi connectivity index (χ0) is 23.1. The summed E-state index contributed by atoms with van der Waals surface area (Å²) in [4.78, 5) is 15.2. The summed E-state index contributed by atoms with van der Waals surface area (Å²) in [6.45, 7) is 4.55. The summed E-state index contributed by atoms with van der Waals surface area (Å²) in [5.74, 6) is 3.04. The van der Waals surface area contributed by atoms with Crippen LogP contribution in [0.15, 0.2) is 36.4 Å². The standard InChI is InChI=1S/C25H34N2O5/c1-17(20-6-7-23(31-4)24(14-20)32-5)26-25(28)19-8-10-27(11-9-19)16-18-12-21(29-2)15-22(13-18)30-3/h6-7,12-15,17,19H,8-11,16H2,1-5H3,(H,26,28). The van der Waals surface area contributed by atoms with Crippen LogP contribution in [0.3, 0.4) is 0 Å². The van der Waals surface area contributed by atoms with Gasteiger partial charge in [-0.2, -0.15) is 0 Å². The van der Waals surface area contributed by atoms with Crippen molar-refractivity contribution in [2.24, 2.45) is 5.92 Å². The van der Waals surface area contributed by atoms with E-state index < -0.39 is 0 Å². The molecule has 0 saturated carbocycles. The number of hydrogen-bond donors (Lipinski definition) is 1. The van der Waals surface area contributed by atoms with E-state index in [1.165, 1.54) is 0 Å². The molecule has 1 aliphatic heterocycles. The molecule has 174 valence electrons. The van der Waals surface area contributed by atoms with Gasteiger partial charge in [0.15, 0.2) is 11.5 Å². The van der Waals surface area contributed by atoms with Crippen LogP contribution in [0.5, 0.6) is 23.0 Å². The van der Waals surface area contributed by atoms with E-state index in [2.05, 4.69) is 10.2 Å². The Balaban J connectivity index is 1.53. The van der Waals surface area contributed by atoms with Crippen molar-refractivity contribution in [1.82, 2.24) is 10.2 Å². The molecule has 1 N–H and O–H groups in total. The maximum atomic E-state index is 12.9. The van der Waals surface area contributed by atoms with Gasteiger partial charge in [0, 0.05) is 18.5 Å². The van der Waals surface area contributed by atoms with Crippen LogP contribution in [-0.4, -0.2) is 52.3 Å². The Morgan fingerprint density at radius 2 is 1.56 bits per heavy atom. The van der Waals surface area contributed by atoms with E-state index in [-0.39, 0.29) is 17.9 Å². The highest BCUT2D eigenvalue weighted by atomic mass is 16.5. The van der Waals surface area contributed by atoms with Crippen LogP contribution >= 0.6 is 0 Å². The molecule has 0 aromatic heterocycles. The van der Waals surface area contributed by atoms with Crippen molar-refractivity contribution in [3.8, 4) is 23.0 Å². The number of piperidine rings is 1. The van der Waals surface area contributed by atoms with Crippen LogP contribution in [0.1, 0.15) is 36.9 Å². The fourth-order valence-corrected chi connectivity index (χ4v) is 4.11. The first-order valence-electron chi connectivity index (χ1n) is 10.9. The number of methoxy groups -OCH3 is 4. The molecule has 32 heavy (non-hydrogen) atoms. The minimum Gasteiger partial charge on any atom is -0.497 e. The van der Waals surface area contributed by atoms with Gasteiger partial charge in [-0.15, -0.1) is 0 Å². The maximum absolute atomic E-state index is 12.9. The fraction of sp³-hybridized carbons (Fsp3) is 0.480. The van der Waals surface area contributed by atoms with E-state index in [9.17, 15) is 4.79 Å². The summed E-state index contributed by atoms with van der Waals surface area (Å²) in [5, 5.41) is 3.16. The second-order valence-corrected chi connectivity index (χ2v) is 8.12. The molecule has 1 fully saturated rings. The van der Waals surface area contributed by atoms with Gasteiger partial charge in [0.2, 0.25) is 5.91 Å². The number of likely N-dealkylation sites (tertiary alicyclic amines) is 1. The average molecular weight is 443 g/mol. The monoisotopic (exact) mass is 442 g/mol. The number of carbonyl (C=O) groups is 1. The van der Waals surface area contributed by atoms with Crippen LogP contribution in [-0.2, 0) is 11.3 Å². The molecular weight excluding hydrogens is 408 g/mol. The third-order valence-electron chi connectivity index (χ3n) is 6.04. The van der Waals surface area contributed by atoms with E-state index in [1.54, 1.807) is 28.4 Å². The lowest BCUT2D eigenvalue weighted by Gasteiger charge is -2.32. The third kappa shape index (κ3) is 5.85. The fourth-order valence-electron chi connectivity index (χ4n) is 4.11. The van der Waals surface area contributed by atoms with E-state index in [1.807, 2.05) is 43.3 Å². The summed E-state index contributed by atoms with van der Waals surface area (Å²) in [7, 11) is 6.54.